The summed E-state index contributed by atoms with van der Waals surface area (Å²) in [5, 5.41) is -0.0939. The molecule has 0 aliphatic carbocycles. The average molecular weight is 406 g/mol. The van der Waals surface area contributed by atoms with E-state index in [2.05, 4.69) is 0 Å². The molecule has 0 spiro atoms. The third-order valence-corrected chi connectivity index (χ3v) is 5.10. The second-order valence-electron chi connectivity index (χ2n) is 5.42. The molecule has 2 amide bonds. The summed E-state index contributed by atoms with van der Waals surface area (Å²) in [6.45, 7) is 0. The van der Waals surface area contributed by atoms with Crippen LogP contribution >= 0.6 is 23.4 Å². The van der Waals surface area contributed by atoms with Crippen LogP contribution in [-0.2, 0) is 4.79 Å². The van der Waals surface area contributed by atoms with Crippen LogP contribution in [0.3, 0.4) is 0 Å². The zero-order valence-corrected chi connectivity index (χ0v) is 16.4. The molecule has 8 heteroatoms. The highest BCUT2D eigenvalue weighted by atomic mass is 35.5. The number of carbonyl (C=O) groups is 2. The van der Waals surface area contributed by atoms with Crippen molar-refractivity contribution in [1.82, 2.24) is 0 Å². The predicted octanol–water partition coefficient (Wildman–Crippen LogP) is 4.61. The van der Waals surface area contributed by atoms with Crippen molar-refractivity contribution in [3.63, 3.8) is 0 Å². The Hall–Kier alpha value is -2.64. The summed E-state index contributed by atoms with van der Waals surface area (Å²) in [5.74, 6) is 1.01. The van der Waals surface area contributed by atoms with Gasteiger partial charge in [0.25, 0.3) is 11.1 Å². The fourth-order valence-electron chi connectivity index (χ4n) is 2.62. The van der Waals surface area contributed by atoms with Gasteiger partial charge in [-0.15, -0.1) is 0 Å². The van der Waals surface area contributed by atoms with E-state index < -0.39 is 11.1 Å². The summed E-state index contributed by atoms with van der Waals surface area (Å²) in [7, 11) is 4.54. The Morgan fingerprint density at radius 2 is 1.59 bits per heavy atom. The molecule has 0 saturated carbocycles. The summed E-state index contributed by atoms with van der Waals surface area (Å²) in [6.07, 6.45) is 1.59. The number of halogens is 1. The fraction of sp³-hybridized carbons (Fsp3) is 0.158. The van der Waals surface area contributed by atoms with Gasteiger partial charge in [0.2, 0.25) is 0 Å². The van der Waals surface area contributed by atoms with Gasteiger partial charge in [-0.25, -0.2) is 4.90 Å². The number of imide groups is 1. The minimum Gasteiger partial charge on any atom is -0.496 e. The average Bonchev–Trinajstić information content (AvgIpc) is 2.95. The molecule has 0 radical (unpaired) electrons. The Bertz CT molecular complexity index is 944. The third-order valence-electron chi connectivity index (χ3n) is 3.91. The lowest BCUT2D eigenvalue weighted by Crippen LogP contribution is -2.27. The molecule has 0 atom stereocenters. The van der Waals surface area contributed by atoms with Gasteiger partial charge in [0.05, 0.1) is 36.9 Å². The Kier molecular flexibility index (Phi) is 5.62. The highest BCUT2D eigenvalue weighted by Gasteiger charge is 2.37. The number of methoxy groups -OCH3 is 3. The van der Waals surface area contributed by atoms with Crippen LogP contribution in [0.2, 0.25) is 5.02 Å². The molecule has 1 fully saturated rings. The van der Waals surface area contributed by atoms with E-state index in [1.54, 1.807) is 42.5 Å². The second kappa shape index (κ2) is 7.94. The van der Waals surface area contributed by atoms with Gasteiger partial charge in [-0.2, -0.15) is 0 Å². The molecule has 2 aromatic rings. The molecule has 27 heavy (non-hydrogen) atoms. The largest absolute Gasteiger partial charge is 0.496 e. The summed E-state index contributed by atoms with van der Waals surface area (Å²) >= 11 is 6.97. The van der Waals surface area contributed by atoms with E-state index in [1.165, 1.54) is 21.3 Å². The van der Waals surface area contributed by atoms with Gasteiger partial charge in [-0.05, 0) is 36.0 Å². The predicted molar refractivity (Wildman–Crippen MR) is 106 cm³/mol. The van der Waals surface area contributed by atoms with Crippen LogP contribution in [0.5, 0.6) is 17.2 Å². The normalized spacial score (nSPS) is 15.4. The Labute approximate surface area is 165 Å². The Morgan fingerprint density at radius 1 is 0.963 bits per heavy atom. The lowest BCUT2D eigenvalue weighted by molar-refractivity contribution is -0.113. The molecule has 1 saturated heterocycles. The topological polar surface area (TPSA) is 65.1 Å². The van der Waals surface area contributed by atoms with Crippen LogP contribution in [0, 0.1) is 0 Å². The number of anilines is 1. The third kappa shape index (κ3) is 3.61. The maximum Gasteiger partial charge on any atom is 0.298 e. The zero-order chi connectivity index (χ0) is 19.6. The van der Waals surface area contributed by atoms with Crippen LogP contribution in [0.25, 0.3) is 6.08 Å². The first-order valence-corrected chi connectivity index (χ1v) is 9.02. The minimum atomic E-state index is -0.449. The first-order chi connectivity index (χ1) is 13.0. The highest BCUT2D eigenvalue weighted by molar-refractivity contribution is 8.19. The van der Waals surface area contributed by atoms with E-state index in [9.17, 15) is 9.59 Å². The van der Waals surface area contributed by atoms with Gasteiger partial charge >= 0.3 is 0 Å². The van der Waals surface area contributed by atoms with Gasteiger partial charge in [-0.1, -0.05) is 23.7 Å². The van der Waals surface area contributed by atoms with Gasteiger partial charge < -0.3 is 14.2 Å². The maximum atomic E-state index is 12.8. The van der Waals surface area contributed by atoms with Crippen molar-refractivity contribution < 1.29 is 23.8 Å². The summed E-state index contributed by atoms with van der Waals surface area (Å²) in [4.78, 5) is 26.5. The first-order valence-electron chi connectivity index (χ1n) is 7.82. The van der Waals surface area contributed by atoms with Crippen LogP contribution in [0.4, 0.5) is 10.5 Å². The summed E-state index contributed by atoms with van der Waals surface area (Å²) in [6, 6.07) is 10.0. The number of hydrogen-bond acceptors (Lipinski definition) is 6. The molecule has 1 aliphatic heterocycles. The molecule has 0 N–H and O–H groups in total. The molecule has 6 nitrogen and oxygen atoms in total. The maximum absolute atomic E-state index is 12.8. The zero-order valence-electron chi connectivity index (χ0n) is 14.8. The van der Waals surface area contributed by atoms with Crippen LogP contribution < -0.4 is 19.1 Å². The summed E-state index contributed by atoms with van der Waals surface area (Å²) in [5.41, 5.74) is 0.934. The molecule has 2 aromatic carbocycles. The monoisotopic (exact) mass is 405 g/mol. The highest BCUT2D eigenvalue weighted by Crippen LogP contribution is 2.41. The molecule has 1 aliphatic rings. The molecule has 0 aromatic heterocycles. The van der Waals surface area contributed by atoms with Crippen LogP contribution in [0.1, 0.15) is 5.56 Å². The van der Waals surface area contributed by atoms with Crippen molar-refractivity contribution in [3.05, 3.63) is 51.9 Å². The number of amides is 2. The number of carbonyl (C=O) groups excluding carboxylic acids is 2. The molecule has 0 unspecified atom stereocenters. The molecule has 140 valence electrons. The van der Waals surface area contributed by atoms with E-state index in [-0.39, 0.29) is 4.91 Å². The number of thioether (sulfide) groups is 1. The lowest BCUT2D eigenvalue weighted by Gasteiger charge is -2.14. The van der Waals surface area contributed by atoms with Crippen LogP contribution in [0.15, 0.2) is 41.3 Å². The molecular formula is C19H16ClNO5S. The van der Waals surface area contributed by atoms with Crippen molar-refractivity contribution in [1.29, 1.82) is 0 Å². The van der Waals surface area contributed by atoms with Crippen molar-refractivity contribution in [3.8, 4) is 17.2 Å². The number of nitrogens with zero attached hydrogens (tertiary/aromatic N) is 1. The van der Waals surface area contributed by atoms with Gasteiger partial charge in [0.1, 0.15) is 5.75 Å². The quantitative estimate of drug-likeness (QED) is 0.677. The van der Waals surface area contributed by atoms with E-state index in [0.29, 0.717) is 33.5 Å². The van der Waals surface area contributed by atoms with Gasteiger partial charge in [0.15, 0.2) is 11.5 Å². The van der Waals surface area contributed by atoms with E-state index in [4.69, 9.17) is 25.8 Å². The van der Waals surface area contributed by atoms with E-state index >= 15 is 0 Å². The van der Waals surface area contributed by atoms with Crippen molar-refractivity contribution in [2.24, 2.45) is 0 Å². The fourth-order valence-corrected chi connectivity index (χ4v) is 3.66. The Morgan fingerprint density at radius 3 is 2.22 bits per heavy atom. The molecule has 1 heterocycles. The van der Waals surface area contributed by atoms with Gasteiger partial charge in [-0.3, -0.25) is 9.59 Å². The van der Waals surface area contributed by atoms with E-state index in [1.807, 2.05) is 0 Å². The molecular weight excluding hydrogens is 390 g/mol. The molecule has 0 bridgehead atoms. The Balaban J connectivity index is 2.03. The standard InChI is InChI=1S/C19H16ClNO5S/c1-24-14-10-16(26-3)15(25-2)8-11(14)9-17-18(22)21(19(23)27-17)13-7-5-4-6-12(13)20/h4-10H,1-3H3/b17-9+. The van der Waals surface area contributed by atoms with E-state index in [0.717, 1.165) is 16.7 Å². The van der Waals surface area contributed by atoms with Gasteiger partial charge in [0, 0.05) is 11.6 Å². The number of hydrogen-bond donors (Lipinski definition) is 0. The lowest BCUT2D eigenvalue weighted by atomic mass is 10.1. The molecule has 3 rings (SSSR count). The van der Waals surface area contributed by atoms with Crippen molar-refractivity contribution in [2.75, 3.05) is 26.2 Å². The number of rotatable bonds is 5. The smallest absolute Gasteiger partial charge is 0.298 e. The number of ether oxygens (including phenoxy) is 3. The SMILES string of the molecule is COc1cc(OC)c(OC)cc1/C=C1/SC(=O)N(c2ccccc2Cl)C1=O. The summed E-state index contributed by atoms with van der Waals surface area (Å²) < 4.78 is 15.9. The van der Waals surface area contributed by atoms with Crippen LogP contribution in [-0.4, -0.2) is 32.5 Å². The number of para-hydroxylation sites is 1. The second-order valence-corrected chi connectivity index (χ2v) is 6.82. The first kappa shape index (κ1) is 19.1. The minimum absolute atomic E-state index is 0.255. The van der Waals surface area contributed by atoms with Crippen molar-refractivity contribution >= 4 is 46.3 Å². The number of benzene rings is 2. The van der Waals surface area contributed by atoms with Crippen molar-refractivity contribution in [2.45, 2.75) is 0 Å².